The molecule has 1 aromatic heterocycles. The maximum Gasteiger partial charge on any atom is 0.419 e. The molecule has 0 fully saturated rings. The summed E-state index contributed by atoms with van der Waals surface area (Å²) in [6, 6.07) is 2.17. The molecule has 1 unspecified atom stereocenters. The van der Waals surface area contributed by atoms with Crippen molar-refractivity contribution in [2.45, 2.75) is 32.9 Å². The first kappa shape index (κ1) is 17.3. The number of anilines is 1. The summed E-state index contributed by atoms with van der Waals surface area (Å²) in [6.07, 6.45) is -2.68. The number of carboxylic acids is 1. The molecule has 118 valence electrons. The molecule has 7 heteroatoms. The predicted octanol–water partition coefficient (Wildman–Crippen LogP) is 3.65. The Balaban J connectivity index is 2.78. The van der Waals surface area contributed by atoms with E-state index in [9.17, 15) is 18.0 Å². The molecule has 0 aliphatic heterocycles. The molecule has 0 amide bonds. The Bertz CT molecular complexity index is 476. The highest BCUT2D eigenvalue weighted by molar-refractivity contribution is 5.67. The highest BCUT2D eigenvalue weighted by Crippen LogP contribution is 2.33. The number of rotatable bonds is 7. The number of alkyl halides is 3. The van der Waals surface area contributed by atoms with E-state index in [0.29, 0.717) is 6.42 Å². The van der Waals surface area contributed by atoms with Gasteiger partial charge in [0, 0.05) is 19.2 Å². The summed E-state index contributed by atoms with van der Waals surface area (Å²) in [4.78, 5) is 14.5. The molecular formula is C14H19F3N2O2. The standard InChI is InChI=1S/C14H19F3N2O2/c1-9(2)6-10(7-12(20)21)8-19-13-11(14(15,16)17)4-3-5-18-13/h3-5,9-10H,6-8H2,1-2H3,(H,18,19)(H,20,21). The minimum absolute atomic E-state index is 0.0840. The lowest BCUT2D eigenvalue weighted by Gasteiger charge is -2.19. The zero-order valence-electron chi connectivity index (χ0n) is 11.9. The lowest BCUT2D eigenvalue weighted by molar-refractivity contribution is -0.138. The molecule has 2 N–H and O–H groups in total. The van der Waals surface area contributed by atoms with Gasteiger partial charge < -0.3 is 10.4 Å². The van der Waals surface area contributed by atoms with Crippen LogP contribution in [0.25, 0.3) is 0 Å². The molecule has 0 radical (unpaired) electrons. The second kappa shape index (κ2) is 7.28. The minimum atomic E-state index is -4.49. The van der Waals surface area contributed by atoms with Crippen LogP contribution >= 0.6 is 0 Å². The van der Waals surface area contributed by atoms with Crippen LogP contribution in [0.5, 0.6) is 0 Å². The van der Waals surface area contributed by atoms with Crippen LogP contribution in [0.1, 0.15) is 32.3 Å². The first-order valence-electron chi connectivity index (χ1n) is 6.68. The Kier molecular flexibility index (Phi) is 5.99. The van der Waals surface area contributed by atoms with E-state index >= 15 is 0 Å². The van der Waals surface area contributed by atoms with E-state index in [0.717, 1.165) is 6.07 Å². The molecule has 0 saturated heterocycles. The van der Waals surface area contributed by atoms with Crippen molar-refractivity contribution in [2.24, 2.45) is 11.8 Å². The van der Waals surface area contributed by atoms with Crippen molar-refractivity contribution in [2.75, 3.05) is 11.9 Å². The molecule has 1 atom stereocenters. The SMILES string of the molecule is CC(C)CC(CNc1ncccc1C(F)(F)F)CC(=O)O. The summed E-state index contributed by atoms with van der Waals surface area (Å²) in [7, 11) is 0. The Morgan fingerprint density at radius 1 is 1.43 bits per heavy atom. The fraction of sp³-hybridized carbons (Fsp3) is 0.571. The third-order valence-corrected chi connectivity index (χ3v) is 2.94. The van der Waals surface area contributed by atoms with Gasteiger partial charge in [0.2, 0.25) is 0 Å². The number of aromatic nitrogens is 1. The molecular weight excluding hydrogens is 285 g/mol. The fourth-order valence-corrected chi connectivity index (χ4v) is 2.17. The van der Waals surface area contributed by atoms with Gasteiger partial charge in [-0.3, -0.25) is 4.79 Å². The number of hydrogen-bond acceptors (Lipinski definition) is 3. The normalized spacial score (nSPS) is 13.2. The second-order valence-corrected chi connectivity index (χ2v) is 5.37. The molecule has 0 aliphatic carbocycles. The maximum absolute atomic E-state index is 12.8. The van der Waals surface area contributed by atoms with E-state index in [1.807, 2.05) is 13.8 Å². The molecule has 0 bridgehead atoms. The van der Waals surface area contributed by atoms with Crippen LogP contribution in [0.15, 0.2) is 18.3 Å². The average molecular weight is 304 g/mol. The Morgan fingerprint density at radius 2 is 2.10 bits per heavy atom. The molecule has 0 saturated carbocycles. The molecule has 4 nitrogen and oxygen atoms in total. The highest BCUT2D eigenvalue weighted by atomic mass is 19.4. The number of carboxylic acid groups (broad SMARTS) is 1. The van der Waals surface area contributed by atoms with Gasteiger partial charge in [0.15, 0.2) is 0 Å². The molecule has 0 aliphatic rings. The molecule has 1 aromatic rings. The van der Waals surface area contributed by atoms with Crippen molar-refractivity contribution >= 4 is 11.8 Å². The third-order valence-electron chi connectivity index (χ3n) is 2.94. The largest absolute Gasteiger partial charge is 0.481 e. The van der Waals surface area contributed by atoms with E-state index in [4.69, 9.17) is 5.11 Å². The number of halogens is 3. The predicted molar refractivity (Wildman–Crippen MR) is 72.9 cm³/mol. The minimum Gasteiger partial charge on any atom is -0.481 e. The highest BCUT2D eigenvalue weighted by Gasteiger charge is 2.34. The van der Waals surface area contributed by atoms with Gasteiger partial charge in [0.1, 0.15) is 5.82 Å². The van der Waals surface area contributed by atoms with Crippen LogP contribution in [-0.2, 0) is 11.0 Å². The summed E-state index contributed by atoms with van der Waals surface area (Å²) in [5.41, 5.74) is -0.844. The van der Waals surface area contributed by atoms with E-state index in [2.05, 4.69) is 10.3 Å². The zero-order chi connectivity index (χ0) is 16.0. The Labute approximate surface area is 121 Å². The van der Waals surface area contributed by atoms with Crippen molar-refractivity contribution in [3.63, 3.8) is 0 Å². The van der Waals surface area contributed by atoms with E-state index in [1.165, 1.54) is 12.3 Å². The van der Waals surface area contributed by atoms with Crippen molar-refractivity contribution < 1.29 is 23.1 Å². The van der Waals surface area contributed by atoms with E-state index in [-0.39, 0.29) is 30.6 Å². The van der Waals surface area contributed by atoms with Crippen LogP contribution in [0.3, 0.4) is 0 Å². The summed E-state index contributed by atoms with van der Waals surface area (Å²) < 4.78 is 38.5. The van der Waals surface area contributed by atoms with Crippen LogP contribution in [-0.4, -0.2) is 22.6 Å². The third kappa shape index (κ3) is 6.01. The smallest absolute Gasteiger partial charge is 0.419 e. The topological polar surface area (TPSA) is 62.2 Å². The van der Waals surface area contributed by atoms with Gasteiger partial charge in [-0.1, -0.05) is 13.8 Å². The van der Waals surface area contributed by atoms with E-state index < -0.39 is 17.7 Å². The van der Waals surface area contributed by atoms with Gasteiger partial charge in [-0.2, -0.15) is 13.2 Å². The van der Waals surface area contributed by atoms with Crippen LogP contribution in [0, 0.1) is 11.8 Å². The molecule has 1 rings (SSSR count). The van der Waals surface area contributed by atoms with Crippen molar-refractivity contribution in [1.29, 1.82) is 0 Å². The molecule has 21 heavy (non-hydrogen) atoms. The maximum atomic E-state index is 12.8. The van der Waals surface area contributed by atoms with Crippen LogP contribution < -0.4 is 5.32 Å². The van der Waals surface area contributed by atoms with Crippen molar-refractivity contribution in [3.8, 4) is 0 Å². The van der Waals surface area contributed by atoms with Gasteiger partial charge in [-0.05, 0) is 30.4 Å². The lowest BCUT2D eigenvalue weighted by atomic mass is 9.94. The summed E-state index contributed by atoms with van der Waals surface area (Å²) in [6.45, 7) is 4.03. The first-order chi connectivity index (χ1) is 9.70. The monoisotopic (exact) mass is 304 g/mol. The molecule has 0 aromatic carbocycles. The first-order valence-corrected chi connectivity index (χ1v) is 6.68. The Hall–Kier alpha value is -1.79. The van der Waals surface area contributed by atoms with Gasteiger partial charge >= 0.3 is 12.1 Å². The van der Waals surface area contributed by atoms with E-state index in [1.54, 1.807) is 0 Å². The Morgan fingerprint density at radius 3 is 2.62 bits per heavy atom. The van der Waals surface area contributed by atoms with Gasteiger partial charge in [0.05, 0.1) is 5.56 Å². The van der Waals surface area contributed by atoms with Crippen molar-refractivity contribution in [1.82, 2.24) is 4.98 Å². The number of hydrogen-bond donors (Lipinski definition) is 2. The number of carbonyl (C=O) groups is 1. The summed E-state index contributed by atoms with van der Waals surface area (Å²) in [5, 5.41) is 11.5. The quantitative estimate of drug-likeness (QED) is 0.807. The number of pyridine rings is 1. The number of nitrogens with one attached hydrogen (secondary N) is 1. The second-order valence-electron chi connectivity index (χ2n) is 5.37. The van der Waals surface area contributed by atoms with Gasteiger partial charge in [0.25, 0.3) is 0 Å². The zero-order valence-corrected chi connectivity index (χ0v) is 11.9. The van der Waals surface area contributed by atoms with Crippen LogP contribution in [0.4, 0.5) is 19.0 Å². The van der Waals surface area contributed by atoms with Crippen LogP contribution in [0.2, 0.25) is 0 Å². The van der Waals surface area contributed by atoms with Gasteiger partial charge in [-0.25, -0.2) is 4.98 Å². The van der Waals surface area contributed by atoms with Crippen molar-refractivity contribution in [3.05, 3.63) is 23.9 Å². The lowest BCUT2D eigenvalue weighted by Crippen LogP contribution is -2.21. The summed E-state index contributed by atoms with van der Waals surface area (Å²) >= 11 is 0. The number of aliphatic carboxylic acids is 1. The molecule has 0 spiro atoms. The number of nitrogens with zero attached hydrogens (tertiary/aromatic N) is 1. The summed E-state index contributed by atoms with van der Waals surface area (Å²) in [5.74, 6) is -1.20. The van der Waals surface area contributed by atoms with Gasteiger partial charge in [-0.15, -0.1) is 0 Å². The molecule has 1 heterocycles. The fourth-order valence-electron chi connectivity index (χ4n) is 2.17. The average Bonchev–Trinajstić information content (AvgIpc) is 2.34.